The first-order chi connectivity index (χ1) is 13.9. The summed E-state index contributed by atoms with van der Waals surface area (Å²) in [5, 5.41) is 0.0918. The monoisotopic (exact) mass is 440 g/mol. The van der Waals surface area contributed by atoms with Gasteiger partial charge < -0.3 is 9.47 Å². The SMILES string of the molecule is CC(c1ccc(F)c(Cl)c1)N1CCN(S(=O)(=O)c2ccc3c(c2)OCCO3)CC1. The lowest BCUT2D eigenvalue weighted by atomic mass is 10.1. The van der Waals surface area contributed by atoms with Crippen molar-refractivity contribution in [3.05, 3.63) is 52.8 Å². The van der Waals surface area contributed by atoms with Crippen LogP contribution in [-0.4, -0.2) is 57.0 Å². The number of rotatable bonds is 4. The van der Waals surface area contributed by atoms with Crippen molar-refractivity contribution in [2.45, 2.75) is 17.9 Å². The molecule has 2 aromatic rings. The Morgan fingerprint density at radius 1 is 1.00 bits per heavy atom. The van der Waals surface area contributed by atoms with E-state index in [0.29, 0.717) is 50.9 Å². The Hall–Kier alpha value is -1.87. The van der Waals surface area contributed by atoms with Crippen molar-refractivity contribution >= 4 is 21.6 Å². The molecule has 156 valence electrons. The molecule has 0 bridgehead atoms. The minimum Gasteiger partial charge on any atom is -0.486 e. The van der Waals surface area contributed by atoms with Gasteiger partial charge in [-0.25, -0.2) is 12.8 Å². The van der Waals surface area contributed by atoms with Gasteiger partial charge in [-0.05, 0) is 36.8 Å². The fraction of sp³-hybridized carbons (Fsp3) is 0.400. The zero-order valence-electron chi connectivity index (χ0n) is 16.0. The molecule has 0 saturated carbocycles. The molecule has 0 amide bonds. The quantitative estimate of drug-likeness (QED) is 0.730. The largest absolute Gasteiger partial charge is 0.486 e. The van der Waals surface area contributed by atoms with E-state index in [-0.39, 0.29) is 16.0 Å². The van der Waals surface area contributed by atoms with Gasteiger partial charge in [0.25, 0.3) is 0 Å². The summed E-state index contributed by atoms with van der Waals surface area (Å²) >= 11 is 5.90. The van der Waals surface area contributed by atoms with Gasteiger partial charge in [0.05, 0.1) is 9.92 Å². The van der Waals surface area contributed by atoms with Crippen molar-refractivity contribution in [2.75, 3.05) is 39.4 Å². The molecular formula is C20H22ClFN2O4S. The number of hydrogen-bond donors (Lipinski definition) is 0. The van der Waals surface area contributed by atoms with Crippen LogP contribution in [-0.2, 0) is 10.0 Å². The van der Waals surface area contributed by atoms with E-state index in [1.165, 1.54) is 16.4 Å². The summed E-state index contributed by atoms with van der Waals surface area (Å²) < 4.78 is 52.0. The summed E-state index contributed by atoms with van der Waals surface area (Å²) in [5.74, 6) is 0.572. The predicted octanol–water partition coefficient (Wildman–Crippen LogP) is 3.32. The van der Waals surface area contributed by atoms with E-state index in [1.54, 1.807) is 24.3 Å². The van der Waals surface area contributed by atoms with Gasteiger partial charge in [0.1, 0.15) is 19.0 Å². The zero-order valence-corrected chi connectivity index (χ0v) is 17.5. The van der Waals surface area contributed by atoms with E-state index < -0.39 is 15.8 Å². The van der Waals surface area contributed by atoms with Gasteiger partial charge in [0.15, 0.2) is 11.5 Å². The van der Waals surface area contributed by atoms with Crippen LogP contribution in [0.2, 0.25) is 5.02 Å². The lowest BCUT2D eigenvalue weighted by Gasteiger charge is -2.37. The Labute approximate surface area is 174 Å². The summed E-state index contributed by atoms with van der Waals surface area (Å²) in [5.41, 5.74) is 0.902. The lowest BCUT2D eigenvalue weighted by molar-refractivity contribution is 0.145. The first-order valence-corrected chi connectivity index (χ1v) is 11.3. The third kappa shape index (κ3) is 4.07. The molecule has 1 fully saturated rings. The predicted molar refractivity (Wildman–Crippen MR) is 108 cm³/mol. The van der Waals surface area contributed by atoms with Crippen LogP contribution >= 0.6 is 11.6 Å². The summed E-state index contributed by atoms with van der Waals surface area (Å²) in [4.78, 5) is 2.37. The molecule has 2 heterocycles. The number of ether oxygens (including phenoxy) is 2. The van der Waals surface area contributed by atoms with E-state index in [4.69, 9.17) is 21.1 Å². The number of hydrogen-bond acceptors (Lipinski definition) is 5. The van der Waals surface area contributed by atoms with Crippen LogP contribution in [0, 0.1) is 5.82 Å². The Morgan fingerprint density at radius 2 is 1.69 bits per heavy atom. The van der Waals surface area contributed by atoms with E-state index in [2.05, 4.69) is 4.90 Å². The van der Waals surface area contributed by atoms with Crippen LogP contribution in [0.4, 0.5) is 4.39 Å². The van der Waals surface area contributed by atoms with Crippen LogP contribution in [0.3, 0.4) is 0 Å². The van der Waals surface area contributed by atoms with Gasteiger partial charge in [-0.3, -0.25) is 4.90 Å². The Kier molecular flexibility index (Phi) is 5.70. The average Bonchev–Trinajstić information content (AvgIpc) is 2.75. The van der Waals surface area contributed by atoms with Gasteiger partial charge in [-0.1, -0.05) is 17.7 Å². The van der Waals surface area contributed by atoms with Crippen molar-refractivity contribution in [1.29, 1.82) is 0 Å². The highest BCUT2D eigenvalue weighted by molar-refractivity contribution is 7.89. The van der Waals surface area contributed by atoms with Gasteiger partial charge in [-0.15, -0.1) is 0 Å². The molecule has 29 heavy (non-hydrogen) atoms. The summed E-state index contributed by atoms with van der Waals surface area (Å²) in [7, 11) is -3.62. The molecule has 4 rings (SSSR count). The van der Waals surface area contributed by atoms with E-state index in [0.717, 1.165) is 5.56 Å². The molecule has 9 heteroatoms. The molecule has 2 aliphatic heterocycles. The molecule has 1 atom stereocenters. The topological polar surface area (TPSA) is 59.1 Å². The number of nitrogens with zero attached hydrogens (tertiary/aromatic N) is 2. The maximum Gasteiger partial charge on any atom is 0.243 e. The normalized spacial score (nSPS) is 19.1. The molecule has 0 spiro atoms. The molecule has 2 aliphatic rings. The van der Waals surface area contributed by atoms with Crippen LogP contribution < -0.4 is 9.47 Å². The van der Waals surface area contributed by atoms with Crippen LogP contribution in [0.5, 0.6) is 11.5 Å². The fourth-order valence-electron chi connectivity index (χ4n) is 3.65. The van der Waals surface area contributed by atoms with E-state index in [9.17, 15) is 12.8 Å². The summed E-state index contributed by atoms with van der Waals surface area (Å²) in [6, 6.07) is 9.42. The summed E-state index contributed by atoms with van der Waals surface area (Å²) in [6.45, 7) is 4.75. The van der Waals surface area contributed by atoms with E-state index in [1.807, 2.05) is 6.92 Å². The standard InChI is InChI=1S/C20H22ClFN2O4S/c1-14(15-2-4-18(22)17(21)12-15)23-6-8-24(9-7-23)29(25,26)16-3-5-19-20(13-16)28-11-10-27-19/h2-5,12-14H,6-11H2,1H3. The number of halogens is 2. The molecule has 2 aromatic carbocycles. The second-order valence-electron chi connectivity index (χ2n) is 7.10. The van der Waals surface area contributed by atoms with Crippen LogP contribution in [0.1, 0.15) is 18.5 Å². The van der Waals surface area contributed by atoms with Crippen molar-refractivity contribution in [3.8, 4) is 11.5 Å². The number of fused-ring (bicyclic) bond motifs is 1. The maximum absolute atomic E-state index is 13.4. The highest BCUT2D eigenvalue weighted by Crippen LogP contribution is 2.34. The molecule has 1 unspecified atom stereocenters. The second kappa shape index (κ2) is 8.10. The number of sulfonamides is 1. The second-order valence-corrected chi connectivity index (χ2v) is 9.44. The highest BCUT2D eigenvalue weighted by atomic mass is 35.5. The molecule has 0 aromatic heterocycles. The molecule has 6 nitrogen and oxygen atoms in total. The Bertz CT molecular complexity index is 1010. The maximum atomic E-state index is 13.4. The van der Waals surface area contributed by atoms with E-state index >= 15 is 0 Å². The highest BCUT2D eigenvalue weighted by Gasteiger charge is 2.31. The zero-order chi connectivity index (χ0) is 20.6. The first-order valence-electron chi connectivity index (χ1n) is 9.45. The third-order valence-electron chi connectivity index (χ3n) is 5.40. The smallest absolute Gasteiger partial charge is 0.243 e. The average molecular weight is 441 g/mol. The summed E-state index contributed by atoms with van der Waals surface area (Å²) in [6.07, 6.45) is 0. The van der Waals surface area contributed by atoms with Crippen molar-refractivity contribution in [2.24, 2.45) is 0 Å². The van der Waals surface area contributed by atoms with Crippen molar-refractivity contribution in [3.63, 3.8) is 0 Å². The molecular weight excluding hydrogens is 419 g/mol. The van der Waals surface area contributed by atoms with Crippen molar-refractivity contribution in [1.82, 2.24) is 9.21 Å². The molecule has 0 N–H and O–H groups in total. The minimum atomic E-state index is -3.62. The van der Waals surface area contributed by atoms with Gasteiger partial charge in [0, 0.05) is 38.3 Å². The minimum absolute atomic E-state index is 0.00671. The van der Waals surface area contributed by atoms with Crippen molar-refractivity contribution < 1.29 is 22.3 Å². The molecule has 0 radical (unpaired) electrons. The Morgan fingerprint density at radius 3 is 2.38 bits per heavy atom. The Balaban J connectivity index is 1.45. The van der Waals surface area contributed by atoms with Gasteiger partial charge >= 0.3 is 0 Å². The molecule has 0 aliphatic carbocycles. The fourth-order valence-corrected chi connectivity index (χ4v) is 5.27. The lowest BCUT2D eigenvalue weighted by Crippen LogP contribution is -2.49. The first kappa shape index (κ1) is 20.4. The van der Waals surface area contributed by atoms with Gasteiger partial charge in [0.2, 0.25) is 10.0 Å². The number of piperazine rings is 1. The molecule has 1 saturated heterocycles. The number of benzene rings is 2. The van der Waals surface area contributed by atoms with Crippen LogP contribution in [0.15, 0.2) is 41.3 Å². The van der Waals surface area contributed by atoms with Crippen LogP contribution in [0.25, 0.3) is 0 Å². The van der Waals surface area contributed by atoms with Gasteiger partial charge in [-0.2, -0.15) is 4.31 Å². The third-order valence-corrected chi connectivity index (χ3v) is 7.58.